The van der Waals surface area contributed by atoms with E-state index in [-0.39, 0.29) is 35.6 Å². The molecule has 2 aromatic carbocycles. The second-order valence-electron chi connectivity index (χ2n) is 12.3. The molecule has 3 amide bonds. The predicted octanol–water partition coefficient (Wildman–Crippen LogP) is 3.31. The topological polar surface area (TPSA) is 183 Å². The highest BCUT2D eigenvalue weighted by molar-refractivity contribution is 7.90. The molecule has 1 atom stereocenters. The number of nitrogens with one attached hydrogen (secondary N) is 5. The zero-order valence-electron chi connectivity index (χ0n) is 27.4. The number of rotatable bonds is 15. The molecule has 5 N–H and O–H groups in total. The van der Waals surface area contributed by atoms with Crippen molar-refractivity contribution in [3.05, 3.63) is 59.1 Å². The second-order valence-corrected chi connectivity index (χ2v) is 14.4. The molecule has 2 fully saturated rings. The SMILES string of the molecule is O=C(CN1CCCC1=O)NCCCCCC(=O)NS(=O)(=O)c1ccc(NC2=NC(NC3(c4ccc(Cl)cc4)CC3)N=C(OCC(F)(F)F)N2)cc1. The standard InChI is InChI=1S/C32H38ClF3N8O6S/c33-22-9-7-21(8-10-22)31(15-16-31)42-29-39-28(40-30(41-29)50-20-32(34,35)36)38-23-11-13-24(14-12-23)51(48,49)43-25(45)5-2-1-3-17-37-26(46)19-44-18-4-6-27(44)47/h7-14,29,42H,1-6,15-20H2,(H,37,46)(H,43,45)(H2,38,39,40,41). The van der Waals surface area contributed by atoms with Crippen LogP contribution in [0.5, 0.6) is 0 Å². The van der Waals surface area contributed by atoms with Gasteiger partial charge in [0.1, 0.15) is 0 Å². The van der Waals surface area contributed by atoms with E-state index in [9.17, 15) is 36.0 Å². The summed E-state index contributed by atoms with van der Waals surface area (Å²) in [5.41, 5.74) is 0.746. The molecule has 1 unspecified atom stereocenters. The van der Waals surface area contributed by atoms with Crippen molar-refractivity contribution in [1.82, 2.24) is 25.6 Å². The number of sulfonamides is 1. The van der Waals surface area contributed by atoms with E-state index in [1.807, 2.05) is 16.9 Å². The predicted molar refractivity (Wildman–Crippen MR) is 182 cm³/mol. The highest BCUT2D eigenvalue weighted by Crippen LogP contribution is 2.46. The molecule has 0 aromatic heterocycles. The van der Waals surface area contributed by atoms with E-state index in [1.54, 1.807) is 12.1 Å². The Balaban J connectivity index is 1.10. The Bertz CT molecular complexity index is 1750. The molecule has 5 rings (SSSR count). The number of nitrogens with zero attached hydrogens (tertiary/aromatic N) is 3. The lowest BCUT2D eigenvalue weighted by molar-refractivity contribution is -0.156. The van der Waals surface area contributed by atoms with Crippen LogP contribution < -0.4 is 26.0 Å². The average molecular weight is 755 g/mol. The molecule has 51 heavy (non-hydrogen) atoms. The fraction of sp³-hybridized carbons (Fsp3) is 0.469. The van der Waals surface area contributed by atoms with Crippen molar-refractivity contribution >= 4 is 57.0 Å². The Morgan fingerprint density at radius 3 is 2.39 bits per heavy atom. The number of guanidine groups is 1. The quantitative estimate of drug-likeness (QED) is 0.170. The van der Waals surface area contributed by atoms with Gasteiger partial charge in [-0.1, -0.05) is 30.2 Å². The summed E-state index contributed by atoms with van der Waals surface area (Å²) in [7, 11) is -4.19. The number of carbonyl (C=O) groups excluding carboxylic acids is 3. The number of amides is 3. The van der Waals surface area contributed by atoms with Crippen LogP contribution in [0.4, 0.5) is 18.9 Å². The van der Waals surface area contributed by atoms with Crippen LogP contribution in [-0.4, -0.2) is 81.7 Å². The van der Waals surface area contributed by atoms with Gasteiger partial charge in [0.2, 0.25) is 30.0 Å². The van der Waals surface area contributed by atoms with Gasteiger partial charge in [0, 0.05) is 42.2 Å². The number of benzene rings is 2. The van der Waals surface area contributed by atoms with E-state index < -0.39 is 46.6 Å². The smallest absolute Gasteiger partial charge is 0.422 e. The van der Waals surface area contributed by atoms with Crippen LogP contribution in [0, 0.1) is 0 Å². The number of aliphatic imine (C=N–C) groups is 2. The number of alkyl halides is 3. The number of ether oxygens (including phenoxy) is 1. The van der Waals surface area contributed by atoms with Gasteiger partial charge in [-0.2, -0.15) is 18.2 Å². The van der Waals surface area contributed by atoms with E-state index in [2.05, 4.69) is 31.3 Å². The minimum absolute atomic E-state index is 0.00301. The van der Waals surface area contributed by atoms with Crippen molar-refractivity contribution in [2.45, 2.75) is 74.3 Å². The monoisotopic (exact) mass is 754 g/mol. The third-order valence-corrected chi connectivity index (χ3v) is 9.87. The van der Waals surface area contributed by atoms with E-state index in [4.69, 9.17) is 16.3 Å². The normalized spacial score (nSPS) is 18.3. The molecule has 0 spiro atoms. The summed E-state index contributed by atoms with van der Waals surface area (Å²) in [5, 5.41) is 12.0. The highest BCUT2D eigenvalue weighted by atomic mass is 35.5. The number of unbranched alkanes of at least 4 members (excludes halogenated alkanes) is 2. The number of likely N-dealkylation sites (tertiary alicyclic amines) is 1. The van der Waals surface area contributed by atoms with E-state index in [1.165, 1.54) is 29.2 Å². The first-order valence-electron chi connectivity index (χ1n) is 16.3. The number of hydrogen-bond donors (Lipinski definition) is 5. The Morgan fingerprint density at radius 2 is 1.75 bits per heavy atom. The lowest BCUT2D eigenvalue weighted by Gasteiger charge is -2.26. The molecule has 1 saturated heterocycles. The molecule has 0 bridgehead atoms. The minimum Gasteiger partial charge on any atom is -0.455 e. The van der Waals surface area contributed by atoms with Crippen LogP contribution in [0.1, 0.15) is 56.9 Å². The van der Waals surface area contributed by atoms with Crippen molar-refractivity contribution in [3.8, 4) is 0 Å². The number of halogens is 4. The molecule has 2 heterocycles. The fourth-order valence-electron chi connectivity index (χ4n) is 5.47. The molecule has 3 aliphatic rings. The van der Waals surface area contributed by atoms with E-state index in [0.29, 0.717) is 49.5 Å². The maximum absolute atomic E-state index is 12.9. The molecule has 1 saturated carbocycles. The summed E-state index contributed by atoms with van der Waals surface area (Å²) in [4.78, 5) is 45.9. The maximum Gasteiger partial charge on any atom is 0.422 e. The Labute approximate surface area is 297 Å². The molecule has 14 nitrogen and oxygen atoms in total. The first-order chi connectivity index (χ1) is 24.2. The number of amidine groups is 1. The Hall–Kier alpha value is -4.42. The van der Waals surface area contributed by atoms with Crippen LogP contribution in [0.25, 0.3) is 0 Å². The molecule has 1 aliphatic carbocycles. The zero-order chi connectivity index (χ0) is 36.6. The number of carbonyl (C=O) groups is 3. The van der Waals surface area contributed by atoms with Gasteiger partial charge in [0.05, 0.1) is 11.4 Å². The van der Waals surface area contributed by atoms with E-state index >= 15 is 0 Å². The van der Waals surface area contributed by atoms with Crippen LogP contribution in [0.2, 0.25) is 5.02 Å². The lowest BCUT2D eigenvalue weighted by atomic mass is 10.1. The third-order valence-electron chi connectivity index (χ3n) is 8.23. The van der Waals surface area contributed by atoms with Gasteiger partial charge in [0.15, 0.2) is 6.61 Å². The van der Waals surface area contributed by atoms with Gasteiger partial charge in [-0.25, -0.2) is 18.1 Å². The van der Waals surface area contributed by atoms with Crippen LogP contribution >= 0.6 is 11.6 Å². The van der Waals surface area contributed by atoms with Gasteiger partial charge in [0.25, 0.3) is 16.0 Å². The summed E-state index contributed by atoms with van der Waals surface area (Å²) < 4.78 is 71.3. The van der Waals surface area contributed by atoms with Crippen LogP contribution in [-0.2, 0) is 34.7 Å². The first kappa shape index (κ1) is 37.8. The molecule has 19 heteroatoms. The average Bonchev–Trinajstić information content (AvgIpc) is 3.74. The van der Waals surface area contributed by atoms with Crippen LogP contribution in [0.3, 0.4) is 0 Å². The molecular weight excluding hydrogens is 717 g/mol. The Morgan fingerprint density at radius 1 is 1.02 bits per heavy atom. The summed E-state index contributed by atoms with van der Waals surface area (Å²) in [6.07, 6.45) is -1.44. The first-order valence-corrected chi connectivity index (χ1v) is 18.2. The van der Waals surface area contributed by atoms with Gasteiger partial charge in [-0.3, -0.25) is 25.0 Å². The highest BCUT2D eigenvalue weighted by Gasteiger charge is 2.46. The summed E-state index contributed by atoms with van der Waals surface area (Å²) in [6, 6.07) is 12.1. The number of anilines is 1. The lowest BCUT2D eigenvalue weighted by Crippen LogP contribution is -2.48. The molecule has 2 aromatic rings. The maximum atomic E-state index is 12.9. The van der Waals surface area contributed by atoms with Gasteiger partial charge < -0.3 is 20.3 Å². The van der Waals surface area contributed by atoms with Crippen molar-refractivity contribution in [3.63, 3.8) is 0 Å². The fourth-order valence-corrected chi connectivity index (χ4v) is 6.61. The van der Waals surface area contributed by atoms with E-state index in [0.717, 1.165) is 24.8 Å². The van der Waals surface area contributed by atoms with Crippen molar-refractivity contribution < 1.29 is 40.7 Å². The largest absolute Gasteiger partial charge is 0.455 e. The molecular formula is C32H38ClF3N8O6S. The third kappa shape index (κ3) is 11.3. The summed E-state index contributed by atoms with van der Waals surface area (Å²) in [5.74, 6) is -0.970. The zero-order valence-corrected chi connectivity index (χ0v) is 29.0. The Kier molecular flexibility index (Phi) is 12.1. The number of hydrogen-bond acceptors (Lipinski definition) is 11. The molecule has 276 valence electrons. The van der Waals surface area contributed by atoms with Gasteiger partial charge in [-0.05, 0) is 74.1 Å². The molecule has 0 radical (unpaired) electrons. The van der Waals surface area contributed by atoms with Gasteiger partial charge >= 0.3 is 6.18 Å². The summed E-state index contributed by atoms with van der Waals surface area (Å²) >= 11 is 6.02. The van der Waals surface area contributed by atoms with Crippen molar-refractivity contribution in [1.29, 1.82) is 0 Å². The van der Waals surface area contributed by atoms with Crippen LogP contribution in [0.15, 0.2) is 63.4 Å². The summed E-state index contributed by atoms with van der Waals surface area (Å²) in [6.45, 7) is -0.602. The second kappa shape index (κ2) is 16.3. The van der Waals surface area contributed by atoms with Crippen molar-refractivity contribution in [2.75, 3.05) is 31.6 Å². The minimum atomic E-state index is -4.61. The van der Waals surface area contributed by atoms with Crippen molar-refractivity contribution in [2.24, 2.45) is 9.98 Å². The molecule has 2 aliphatic heterocycles. The van der Waals surface area contributed by atoms with Gasteiger partial charge in [-0.15, -0.1) is 0 Å².